The van der Waals surface area contributed by atoms with Gasteiger partial charge in [0.1, 0.15) is 11.4 Å². The largest absolute Gasteiger partial charge is 0.456 e. The molecule has 0 unspecified atom stereocenters. The zero-order chi connectivity index (χ0) is 16.0. The fourth-order valence-corrected chi connectivity index (χ4v) is 1.66. The van der Waals surface area contributed by atoms with E-state index in [1.807, 2.05) is 20.8 Å². The quantitative estimate of drug-likeness (QED) is 0.848. The first-order valence-electron chi connectivity index (χ1n) is 6.98. The van der Waals surface area contributed by atoms with Gasteiger partial charge in [0.15, 0.2) is 5.76 Å². The smallest absolute Gasteiger partial charge is 0.407 e. The van der Waals surface area contributed by atoms with Crippen LogP contribution in [0.2, 0.25) is 0 Å². The number of rotatable bonds is 5. The first kappa shape index (κ1) is 17.1. The van der Waals surface area contributed by atoms with Crippen LogP contribution in [-0.4, -0.2) is 42.6 Å². The summed E-state index contributed by atoms with van der Waals surface area (Å²) in [5.74, 6) is 0.869. The number of carbonyl (C=O) groups is 2. The highest BCUT2D eigenvalue weighted by Crippen LogP contribution is 2.09. The normalized spacial score (nSPS) is 11.1. The van der Waals surface area contributed by atoms with Crippen molar-refractivity contribution in [3.05, 3.63) is 23.7 Å². The van der Waals surface area contributed by atoms with Crippen LogP contribution >= 0.6 is 0 Å². The lowest BCUT2D eigenvalue weighted by molar-refractivity contribution is 0.0526. The Kier molecular flexibility index (Phi) is 5.81. The van der Waals surface area contributed by atoms with Gasteiger partial charge in [-0.2, -0.15) is 0 Å². The van der Waals surface area contributed by atoms with Crippen molar-refractivity contribution in [1.29, 1.82) is 0 Å². The maximum Gasteiger partial charge on any atom is 0.407 e. The van der Waals surface area contributed by atoms with Crippen LogP contribution in [0.15, 0.2) is 16.5 Å². The number of aryl methyl sites for hydroxylation is 1. The highest BCUT2D eigenvalue weighted by atomic mass is 16.6. The third kappa shape index (κ3) is 6.33. The lowest BCUT2D eigenvalue weighted by Crippen LogP contribution is -2.35. The summed E-state index contributed by atoms with van der Waals surface area (Å²) in [6.07, 6.45) is 0.194. The molecule has 0 fully saturated rings. The van der Waals surface area contributed by atoms with Crippen molar-refractivity contribution in [3.63, 3.8) is 0 Å². The van der Waals surface area contributed by atoms with Gasteiger partial charge in [-0.3, -0.25) is 4.79 Å². The Labute approximate surface area is 125 Å². The number of ether oxygens (including phenoxy) is 1. The van der Waals surface area contributed by atoms with E-state index in [0.29, 0.717) is 31.0 Å². The zero-order valence-electron chi connectivity index (χ0n) is 13.4. The maximum absolute atomic E-state index is 12.0. The van der Waals surface area contributed by atoms with Crippen molar-refractivity contribution in [1.82, 2.24) is 10.2 Å². The molecule has 2 amide bonds. The third-order valence-corrected chi connectivity index (χ3v) is 2.64. The first-order chi connectivity index (χ1) is 9.69. The molecule has 0 saturated carbocycles. The predicted octanol–water partition coefficient (Wildman–Crippen LogP) is 2.57. The number of furan rings is 1. The number of amides is 2. The van der Waals surface area contributed by atoms with Crippen LogP contribution in [0.25, 0.3) is 0 Å². The van der Waals surface area contributed by atoms with E-state index in [9.17, 15) is 9.59 Å². The van der Waals surface area contributed by atoms with Crippen molar-refractivity contribution in [2.24, 2.45) is 0 Å². The summed E-state index contributed by atoms with van der Waals surface area (Å²) >= 11 is 0. The molecular weight excluding hydrogens is 272 g/mol. The minimum atomic E-state index is -0.506. The van der Waals surface area contributed by atoms with Crippen LogP contribution in [0.5, 0.6) is 0 Å². The van der Waals surface area contributed by atoms with Crippen molar-refractivity contribution in [2.75, 3.05) is 20.1 Å². The van der Waals surface area contributed by atoms with Crippen LogP contribution < -0.4 is 5.32 Å². The van der Waals surface area contributed by atoms with Gasteiger partial charge in [-0.15, -0.1) is 0 Å². The SMILES string of the molecule is Cc1ccc(C(=O)N(C)CCCNC(=O)OC(C)(C)C)o1. The van der Waals surface area contributed by atoms with Gasteiger partial charge in [-0.05, 0) is 46.2 Å². The highest BCUT2D eigenvalue weighted by Gasteiger charge is 2.17. The van der Waals surface area contributed by atoms with Crippen molar-refractivity contribution in [3.8, 4) is 0 Å². The molecule has 0 aromatic carbocycles. The van der Waals surface area contributed by atoms with Crippen LogP contribution in [0, 0.1) is 6.92 Å². The van der Waals surface area contributed by atoms with Crippen LogP contribution in [0.1, 0.15) is 43.5 Å². The van der Waals surface area contributed by atoms with Gasteiger partial charge in [0.05, 0.1) is 0 Å². The van der Waals surface area contributed by atoms with Gasteiger partial charge in [-0.25, -0.2) is 4.79 Å². The molecular formula is C15H24N2O4. The number of alkyl carbamates (subject to hydrolysis) is 1. The molecule has 6 heteroatoms. The van der Waals surface area contributed by atoms with Gasteiger partial charge in [0.2, 0.25) is 0 Å². The number of carbonyl (C=O) groups excluding carboxylic acids is 2. The monoisotopic (exact) mass is 296 g/mol. The molecule has 0 atom stereocenters. The number of nitrogens with one attached hydrogen (secondary N) is 1. The summed E-state index contributed by atoms with van der Waals surface area (Å²) in [4.78, 5) is 25.0. The van der Waals surface area contributed by atoms with Gasteiger partial charge in [0.25, 0.3) is 5.91 Å². The number of hydrogen-bond donors (Lipinski definition) is 1. The second-order valence-electron chi connectivity index (χ2n) is 5.92. The molecule has 1 N–H and O–H groups in total. The minimum absolute atomic E-state index is 0.166. The Morgan fingerprint density at radius 3 is 2.52 bits per heavy atom. The molecule has 1 rings (SSSR count). The highest BCUT2D eigenvalue weighted by molar-refractivity contribution is 5.91. The molecule has 0 aliphatic heterocycles. The van der Waals surface area contributed by atoms with Crippen molar-refractivity contribution < 1.29 is 18.7 Å². The Hall–Kier alpha value is -1.98. The van der Waals surface area contributed by atoms with Gasteiger partial charge < -0.3 is 19.4 Å². The molecule has 1 aromatic rings. The Balaban J connectivity index is 2.26. The predicted molar refractivity (Wildman–Crippen MR) is 79.3 cm³/mol. The zero-order valence-corrected chi connectivity index (χ0v) is 13.4. The van der Waals surface area contributed by atoms with E-state index in [1.54, 1.807) is 31.0 Å². The average Bonchev–Trinajstić information content (AvgIpc) is 2.78. The summed E-state index contributed by atoms with van der Waals surface area (Å²) in [5.41, 5.74) is -0.506. The lowest BCUT2D eigenvalue weighted by atomic mass is 10.2. The summed E-state index contributed by atoms with van der Waals surface area (Å²) < 4.78 is 10.4. The van der Waals surface area contributed by atoms with E-state index in [0.717, 1.165) is 0 Å². The molecule has 0 saturated heterocycles. The molecule has 21 heavy (non-hydrogen) atoms. The molecule has 0 radical (unpaired) electrons. The molecule has 0 aliphatic rings. The van der Waals surface area contributed by atoms with E-state index in [1.165, 1.54) is 0 Å². The molecule has 1 heterocycles. The summed E-state index contributed by atoms with van der Waals surface area (Å²) in [6, 6.07) is 3.41. The second-order valence-corrected chi connectivity index (χ2v) is 5.92. The van der Waals surface area contributed by atoms with E-state index in [4.69, 9.17) is 9.15 Å². The van der Waals surface area contributed by atoms with Gasteiger partial charge in [-0.1, -0.05) is 0 Å². The van der Waals surface area contributed by atoms with E-state index in [2.05, 4.69) is 5.32 Å². The topological polar surface area (TPSA) is 71.8 Å². The Morgan fingerprint density at radius 2 is 2.00 bits per heavy atom. The number of nitrogens with zero attached hydrogens (tertiary/aromatic N) is 1. The Morgan fingerprint density at radius 1 is 1.33 bits per heavy atom. The van der Waals surface area contributed by atoms with Crippen molar-refractivity contribution in [2.45, 2.75) is 39.7 Å². The Bertz CT molecular complexity index is 488. The fourth-order valence-electron chi connectivity index (χ4n) is 1.66. The van der Waals surface area contributed by atoms with E-state index in [-0.39, 0.29) is 5.91 Å². The lowest BCUT2D eigenvalue weighted by Gasteiger charge is -2.20. The average molecular weight is 296 g/mol. The second kappa shape index (κ2) is 7.15. The molecule has 0 aliphatic carbocycles. The molecule has 118 valence electrons. The molecule has 0 bridgehead atoms. The number of hydrogen-bond acceptors (Lipinski definition) is 4. The molecule has 6 nitrogen and oxygen atoms in total. The fraction of sp³-hybridized carbons (Fsp3) is 0.600. The van der Waals surface area contributed by atoms with Gasteiger partial charge in [0, 0.05) is 20.1 Å². The van der Waals surface area contributed by atoms with Gasteiger partial charge >= 0.3 is 6.09 Å². The minimum Gasteiger partial charge on any atom is -0.456 e. The molecule has 0 spiro atoms. The first-order valence-corrected chi connectivity index (χ1v) is 6.98. The maximum atomic E-state index is 12.0. The van der Waals surface area contributed by atoms with Crippen LogP contribution in [-0.2, 0) is 4.74 Å². The van der Waals surface area contributed by atoms with Crippen LogP contribution in [0.4, 0.5) is 4.79 Å². The van der Waals surface area contributed by atoms with Crippen molar-refractivity contribution >= 4 is 12.0 Å². The summed E-state index contributed by atoms with van der Waals surface area (Å²) in [7, 11) is 1.70. The standard InChI is InChI=1S/C15H24N2O4/c1-11-7-8-12(20-11)13(18)17(5)10-6-9-16-14(19)21-15(2,3)4/h7-8H,6,9-10H2,1-5H3,(H,16,19). The molecule has 1 aromatic heterocycles. The van der Waals surface area contributed by atoms with E-state index < -0.39 is 11.7 Å². The van der Waals surface area contributed by atoms with E-state index >= 15 is 0 Å². The summed E-state index contributed by atoms with van der Waals surface area (Å²) in [5, 5.41) is 2.65. The third-order valence-electron chi connectivity index (χ3n) is 2.64. The summed E-state index contributed by atoms with van der Waals surface area (Å²) in [6.45, 7) is 8.19. The van der Waals surface area contributed by atoms with Crippen LogP contribution in [0.3, 0.4) is 0 Å².